The van der Waals surface area contributed by atoms with Crippen LogP contribution in [0, 0.1) is 11.5 Å². The van der Waals surface area contributed by atoms with Crippen molar-refractivity contribution in [2.45, 2.75) is 64.4 Å². The van der Waals surface area contributed by atoms with Crippen LogP contribution in [-0.4, -0.2) is 52.8 Å². The van der Waals surface area contributed by atoms with Gasteiger partial charge in [-0.1, -0.05) is 26.7 Å². The van der Waals surface area contributed by atoms with Crippen molar-refractivity contribution in [2.75, 3.05) is 6.54 Å². The van der Waals surface area contributed by atoms with E-state index in [4.69, 9.17) is 9.84 Å². The molecule has 136 valence electrons. The molecule has 0 aliphatic carbocycles. The Morgan fingerprint density at radius 1 is 1.32 bits per heavy atom. The number of carboxylic acid groups (broad SMARTS) is 1. The summed E-state index contributed by atoms with van der Waals surface area (Å²) in [4.78, 5) is 21.1. The maximum Gasteiger partial charge on any atom is 0.407 e. The molecule has 7 heteroatoms. The first-order valence-electron chi connectivity index (χ1n) is 8.94. The Kier molecular flexibility index (Phi) is 6.43. The van der Waals surface area contributed by atoms with Crippen molar-refractivity contribution in [1.29, 1.82) is 0 Å². The molecule has 2 rings (SSSR count). The van der Waals surface area contributed by atoms with E-state index in [1.165, 1.54) is 4.90 Å². The number of carbonyl (C=O) groups is 1. The van der Waals surface area contributed by atoms with Crippen molar-refractivity contribution >= 4 is 14.2 Å². The molecule has 1 N–H and O–H groups in total. The molecule has 1 aliphatic heterocycles. The zero-order valence-electron chi connectivity index (χ0n) is 15.5. The highest BCUT2D eigenvalue weighted by Crippen LogP contribution is 2.22. The number of likely N-dealkylation sites (tertiary alicyclic amines) is 1. The minimum Gasteiger partial charge on any atom is -0.471 e. The molecule has 1 aliphatic rings. The molecule has 0 radical (unpaired) electrons. The van der Waals surface area contributed by atoms with Gasteiger partial charge in [0.2, 0.25) is 5.88 Å². The highest BCUT2D eigenvalue weighted by molar-refractivity contribution is 6.87. The number of hydrogen-bond acceptors (Lipinski definition) is 4. The maximum absolute atomic E-state index is 11.1. The zero-order chi connectivity index (χ0) is 18.4. The van der Waals surface area contributed by atoms with Crippen LogP contribution >= 0.6 is 0 Å². The Bertz CT molecular complexity index is 642. The fourth-order valence-corrected chi connectivity index (χ4v) is 5.58. The van der Waals surface area contributed by atoms with Gasteiger partial charge in [0.05, 0.1) is 18.9 Å². The molecule has 1 aromatic heterocycles. The summed E-state index contributed by atoms with van der Waals surface area (Å²) in [6.07, 6.45) is 2.78. The molecule has 0 bridgehead atoms. The third-order valence-corrected chi connectivity index (χ3v) is 9.90. The number of amides is 1. The van der Waals surface area contributed by atoms with Crippen molar-refractivity contribution < 1.29 is 14.6 Å². The van der Waals surface area contributed by atoms with Crippen LogP contribution in [0.1, 0.15) is 39.8 Å². The van der Waals surface area contributed by atoms with E-state index in [-0.39, 0.29) is 12.1 Å². The van der Waals surface area contributed by atoms with Crippen LogP contribution in [0.4, 0.5) is 4.79 Å². The Morgan fingerprint density at radius 3 is 2.48 bits per heavy atom. The average molecular weight is 362 g/mol. The van der Waals surface area contributed by atoms with E-state index in [1.54, 1.807) is 12.4 Å². The molecule has 1 fully saturated rings. The number of aromatic nitrogens is 2. The summed E-state index contributed by atoms with van der Waals surface area (Å²) in [6, 6.07) is 3.42. The first-order chi connectivity index (χ1) is 11.9. The molecule has 0 saturated carbocycles. The summed E-state index contributed by atoms with van der Waals surface area (Å²) in [7, 11) is -1.49. The Labute approximate surface area is 150 Å². The molecule has 0 spiro atoms. The summed E-state index contributed by atoms with van der Waals surface area (Å²) < 4.78 is 5.77. The standard InChI is InChI=1S/C18H27N3O3Si/c1-5-25(6-2,7-3)9-8-15-11-20-17(12-19-15)24-16-10-14(4)21(13-16)18(22)23/h11-12,14,16H,5-7,10,13H2,1-4H3,(H,22,23)/t14-,16+/m0/s1. The fraction of sp³-hybridized carbons (Fsp3) is 0.611. The topological polar surface area (TPSA) is 75.5 Å². The number of ether oxygens (including phenoxy) is 1. The molecular weight excluding hydrogens is 334 g/mol. The fourth-order valence-electron chi connectivity index (χ4n) is 3.16. The van der Waals surface area contributed by atoms with Crippen LogP contribution in [0.25, 0.3) is 0 Å². The van der Waals surface area contributed by atoms with E-state index in [0.29, 0.717) is 24.5 Å². The molecule has 1 aromatic rings. The minimum atomic E-state index is -1.49. The van der Waals surface area contributed by atoms with Gasteiger partial charge in [0.25, 0.3) is 0 Å². The van der Waals surface area contributed by atoms with Crippen LogP contribution in [0.3, 0.4) is 0 Å². The van der Waals surface area contributed by atoms with Gasteiger partial charge in [-0.15, -0.1) is 5.54 Å². The summed E-state index contributed by atoms with van der Waals surface area (Å²) in [5.41, 5.74) is 4.15. The largest absolute Gasteiger partial charge is 0.471 e. The minimum absolute atomic E-state index is 0.0455. The molecule has 2 heterocycles. The lowest BCUT2D eigenvalue weighted by molar-refractivity contribution is 0.136. The van der Waals surface area contributed by atoms with E-state index in [2.05, 4.69) is 42.2 Å². The molecule has 0 aromatic carbocycles. The zero-order valence-corrected chi connectivity index (χ0v) is 16.5. The van der Waals surface area contributed by atoms with Crippen LogP contribution in [0.15, 0.2) is 12.4 Å². The monoisotopic (exact) mass is 361 g/mol. The Balaban J connectivity index is 2.01. The number of rotatable bonds is 5. The van der Waals surface area contributed by atoms with Gasteiger partial charge in [-0.25, -0.2) is 14.8 Å². The molecular formula is C18H27N3O3Si. The van der Waals surface area contributed by atoms with Gasteiger partial charge >= 0.3 is 6.09 Å². The van der Waals surface area contributed by atoms with Crippen molar-refractivity contribution in [3.63, 3.8) is 0 Å². The summed E-state index contributed by atoms with van der Waals surface area (Å²) in [5, 5.41) is 9.12. The summed E-state index contributed by atoms with van der Waals surface area (Å²) >= 11 is 0. The second-order valence-electron chi connectivity index (χ2n) is 6.59. The maximum atomic E-state index is 11.1. The first-order valence-corrected chi connectivity index (χ1v) is 11.6. The summed E-state index contributed by atoms with van der Waals surface area (Å²) in [5.74, 6) is 3.60. The van der Waals surface area contributed by atoms with Crippen LogP contribution in [-0.2, 0) is 0 Å². The van der Waals surface area contributed by atoms with Crippen molar-refractivity contribution in [3.8, 4) is 17.3 Å². The van der Waals surface area contributed by atoms with Gasteiger partial charge in [-0.3, -0.25) is 0 Å². The molecule has 0 unspecified atom stereocenters. The van der Waals surface area contributed by atoms with Gasteiger partial charge in [0, 0.05) is 12.5 Å². The molecule has 1 saturated heterocycles. The van der Waals surface area contributed by atoms with Gasteiger partial charge < -0.3 is 14.7 Å². The lowest BCUT2D eigenvalue weighted by atomic mass is 10.2. The van der Waals surface area contributed by atoms with Crippen LogP contribution in [0.2, 0.25) is 18.1 Å². The van der Waals surface area contributed by atoms with Crippen molar-refractivity contribution in [2.24, 2.45) is 0 Å². The number of hydrogen-bond donors (Lipinski definition) is 1. The van der Waals surface area contributed by atoms with Crippen LogP contribution < -0.4 is 4.74 Å². The normalized spacial score (nSPS) is 20.1. The number of nitrogens with zero attached hydrogens (tertiary/aromatic N) is 3. The van der Waals surface area contributed by atoms with Crippen molar-refractivity contribution in [3.05, 3.63) is 18.1 Å². The second kappa shape index (κ2) is 8.34. The molecule has 2 atom stereocenters. The predicted octanol–water partition coefficient (Wildman–Crippen LogP) is 3.40. The van der Waals surface area contributed by atoms with Crippen molar-refractivity contribution in [1.82, 2.24) is 14.9 Å². The lowest BCUT2D eigenvalue weighted by Crippen LogP contribution is -2.33. The third-order valence-electron chi connectivity index (χ3n) is 5.18. The van der Waals surface area contributed by atoms with Gasteiger partial charge in [0.1, 0.15) is 19.9 Å². The quantitative estimate of drug-likeness (QED) is 0.642. The van der Waals surface area contributed by atoms with E-state index >= 15 is 0 Å². The van der Waals surface area contributed by atoms with E-state index < -0.39 is 14.2 Å². The predicted molar refractivity (Wildman–Crippen MR) is 99.3 cm³/mol. The lowest BCUT2D eigenvalue weighted by Gasteiger charge is -2.19. The van der Waals surface area contributed by atoms with Crippen LogP contribution in [0.5, 0.6) is 5.88 Å². The SMILES string of the molecule is CC[Si](C#Cc1cnc(O[C@@H]2C[C@H](C)N(C(=O)O)C2)cn1)(CC)CC. The molecule has 1 amide bonds. The van der Waals surface area contributed by atoms with E-state index in [0.717, 1.165) is 18.1 Å². The molecule has 25 heavy (non-hydrogen) atoms. The molecule has 6 nitrogen and oxygen atoms in total. The average Bonchev–Trinajstić information content (AvgIpc) is 2.98. The third kappa shape index (κ3) is 4.72. The van der Waals surface area contributed by atoms with Gasteiger partial charge in [-0.2, -0.15) is 0 Å². The van der Waals surface area contributed by atoms with E-state index in [1.807, 2.05) is 6.92 Å². The highest BCUT2D eigenvalue weighted by atomic mass is 28.3. The summed E-state index contributed by atoms with van der Waals surface area (Å²) in [6.45, 7) is 8.91. The first kappa shape index (κ1) is 19.3. The Morgan fingerprint density at radius 2 is 2.00 bits per heavy atom. The van der Waals surface area contributed by atoms with Gasteiger partial charge in [0.15, 0.2) is 0 Å². The Hall–Kier alpha value is -2.07. The smallest absolute Gasteiger partial charge is 0.407 e. The van der Waals surface area contributed by atoms with E-state index in [9.17, 15) is 4.79 Å². The van der Waals surface area contributed by atoms with Gasteiger partial charge in [-0.05, 0) is 25.1 Å². The highest BCUT2D eigenvalue weighted by Gasteiger charge is 2.33. The second-order valence-corrected chi connectivity index (χ2v) is 11.5.